The summed E-state index contributed by atoms with van der Waals surface area (Å²) in [5, 5.41) is 8.05. The molecule has 0 radical (unpaired) electrons. The maximum Gasteiger partial charge on any atom is 0.417 e. The third-order valence-corrected chi connectivity index (χ3v) is 6.94. The van der Waals surface area contributed by atoms with Crippen LogP contribution in [0.1, 0.15) is 11.5 Å². The molecule has 3 aromatic rings. The molecule has 31 heavy (non-hydrogen) atoms. The van der Waals surface area contributed by atoms with Crippen LogP contribution in [0.5, 0.6) is 0 Å². The van der Waals surface area contributed by atoms with Crippen molar-refractivity contribution in [2.24, 2.45) is 0 Å². The van der Waals surface area contributed by atoms with Crippen molar-refractivity contribution in [3.63, 3.8) is 0 Å². The normalized spacial score (nSPS) is 16.5. The van der Waals surface area contributed by atoms with Crippen molar-refractivity contribution in [2.45, 2.75) is 17.6 Å². The summed E-state index contributed by atoms with van der Waals surface area (Å²) in [5.41, 5.74) is -0.364. The van der Waals surface area contributed by atoms with Crippen molar-refractivity contribution in [1.29, 1.82) is 0 Å². The molecule has 1 aliphatic rings. The molecule has 11 heteroatoms. The second-order valence-electron chi connectivity index (χ2n) is 7.04. The molecular weight excluding hydrogens is 433 g/mol. The van der Waals surface area contributed by atoms with Crippen molar-refractivity contribution >= 4 is 10.0 Å². The van der Waals surface area contributed by atoms with Crippen LogP contribution in [-0.2, 0) is 22.7 Å². The summed E-state index contributed by atoms with van der Waals surface area (Å²) in [6.45, 7) is 1.11. The van der Waals surface area contributed by atoms with Crippen molar-refractivity contribution in [2.75, 3.05) is 26.2 Å². The molecule has 0 spiro atoms. The maximum absolute atomic E-state index is 13.3. The lowest BCUT2D eigenvalue weighted by atomic mass is 10.2. The first-order valence-electron chi connectivity index (χ1n) is 9.52. The van der Waals surface area contributed by atoms with E-state index in [4.69, 9.17) is 4.42 Å². The Morgan fingerprint density at radius 2 is 1.55 bits per heavy atom. The molecule has 1 aromatic heterocycles. The van der Waals surface area contributed by atoms with Gasteiger partial charge in [0.05, 0.1) is 17.0 Å². The minimum absolute atomic E-state index is 0.0637. The highest BCUT2D eigenvalue weighted by Gasteiger charge is 2.39. The Morgan fingerprint density at radius 1 is 0.903 bits per heavy atom. The molecule has 0 unspecified atom stereocenters. The monoisotopic (exact) mass is 452 g/mol. The fraction of sp³-hybridized carbons (Fsp3) is 0.300. The molecule has 1 aliphatic heterocycles. The van der Waals surface area contributed by atoms with Crippen LogP contribution >= 0.6 is 0 Å². The number of sulfonamides is 1. The number of nitrogens with zero attached hydrogens (tertiary/aromatic N) is 4. The molecule has 0 aliphatic carbocycles. The second kappa shape index (κ2) is 8.40. The van der Waals surface area contributed by atoms with Gasteiger partial charge in [-0.1, -0.05) is 30.3 Å². The Hall–Kier alpha value is -2.76. The molecule has 2 heterocycles. The molecule has 4 rings (SSSR count). The van der Waals surface area contributed by atoms with Crippen LogP contribution in [0.2, 0.25) is 0 Å². The maximum atomic E-state index is 13.3. The first kappa shape index (κ1) is 21.5. The van der Waals surface area contributed by atoms with E-state index in [-0.39, 0.29) is 13.1 Å². The number of piperazine rings is 1. The van der Waals surface area contributed by atoms with Crippen LogP contribution in [0.25, 0.3) is 11.5 Å². The molecule has 0 bridgehead atoms. The molecule has 2 aromatic carbocycles. The number of benzene rings is 2. The van der Waals surface area contributed by atoms with Gasteiger partial charge in [-0.15, -0.1) is 10.2 Å². The molecule has 0 atom stereocenters. The fourth-order valence-corrected chi connectivity index (χ4v) is 5.03. The topological polar surface area (TPSA) is 79.5 Å². The van der Waals surface area contributed by atoms with E-state index < -0.39 is 26.7 Å². The zero-order valence-corrected chi connectivity index (χ0v) is 17.1. The highest BCUT2D eigenvalue weighted by molar-refractivity contribution is 7.89. The predicted molar refractivity (Wildman–Crippen MR) is 105 cm³/mol. The number of halogens is 3. The fourth-order valence-electron chi connectivity index (χ4n) is 3.40. The van der Waals surface area contributed by atoms with E-state index in [0.29, 0.717) is 31.4 Å². The Morgan fingerprint density at radius 3 is 2.23 bits per heavy atom. The molecule has 0 saturated carbocycles. The minimum atomic E-state index is -4.75. The van der Waals surface area contributed by atoms with Crippen LogP contribution in [0.3, 0.4) is 0 Å². The number of hydrogen-bond acceptors (Lipinski definition) is 6. The lowest BCUT2D eigenvalue weighted by Crippen LogP contribution is -2.48. The summed E-state index contributed by atoms with van der Waals surface area (Å²) < 4.78 is 72.2. The van der Waals surface area contributed by atoms with E-state index in [0.717, 1.165) is 22.0 Å². The van der Waals surface area contributed by atoms with Crippen LogP contribution in [-0.4, -0.2) is 54.0 Å². The summed E-state index contributed by atoms with van der Waals surface area (Å²) in [6.07, 6.45) is -4.75. The highest BCUT2D eigenvalue weighted by Crippen LogP contribution is 2.35. The molecule has 7 nitrogen and oxygen atoms in total. The molecule has 1 fully saturated rings. The largest absolute Gasteiger partial charge is 0.419 e. The van der Waals surface area contributed by atoms with E-state index in [1.54, 1.807) is 0 Å². The zero-order valence-electron chi connectivity index (χ0n) is 16.3. The SMILES string of the molecule is O=S(=O)(c1ccccc1C(F)(F)F)N1CCN(Cc2nnc(-c3ccccc3)o2)CC1. The standard InChI is InChI=1S/C20H19F3N4O3S/c21-20(22,23)16-8-4-5-9-17(16)31(28,29)27-12-10-26(11-13-27)14-18-24-25-19(30-18)15-6-2-1-3-7-15/h1-9H,10-14H2. The minimum Gasteiger partial charge on any atom is -0.419 e. The summed E-state index contributed by atoms with van der Waals surface area (Å²) in [4.78, 5) is 1.20. The van der Waals surface area contributed by atoms with Crippen LogP contribution < -0.4 is 0 Å². The van der Waals surface area contributed by atoms with Crippen LogP contribution in [0, 0.1) is 0 Å². The lowest BCUT2D eigenvalue weighted by molar-refractivity contribution is -0.139. The van der Waals surface area contributed by atoms with E-state index in [9.17, 15) is 21.6 Å². The van der Waals surface area contributed by atoms with Crippen molar-refractivity contribution in [3.8, 4) is 11.5 Å². The Bertz CT molecular complexity index is 1140. The van der Waals surface area contributed by atoms with E-state index >= 15 is 0 Å². The van der Waals surface area contributed by atoms with Crippen molar-refractivity contribution in [3.05, 3.63) is 66.1 Å². The smallest absolute Gasteiger partial charge is 0.417 e. The van der Waals surface area contributed by atoms with Crippen molar-refractivity contribution < 1.29 is 26.0 Å². The summed E-state index contributed by atoms with van der Waals surface area (Å²) >= 11 is 0. The number of hydrogen-bond donors (Lipinski definition) is 0. The van der Waals surface area contributed by atoms with E-state index in [1.165, 1.54) is 12.1 Å². The molecule has 164 valence electrons. The van der Waals surface area contributed by atoms with Gasteiger partial charge in [0.2, 0.25) is 21.8 Å². The summed E-state index contributed by atoms with van der Waals surface area (Å²) in [7, 11) is -4.27. The molecular formula is C20H19F3N4O3S. The molecule has 0 amide bonds. The van der Waals surface area contributed by atoms with Crippen LogP contribution in [0.15, 0.2) is 63.9 Å². The molecule has 1 saturated heterocycles. The summed E-state index contributed by atoms with van der Waals surface area (Å²) in [6, 6.07) is 13.5. The van der Waals surface area contributed by atoms with E-state index in [1.807, 2.05) is 35.2 Å². The third-order valence-electron chi connectivity index (χ3n) is 4.99. The highest BCUT2D eigenvalue weighted by atomic mass is 32.2. The van der Waals surface area contributed by atoms with Gasteiger partial charge in [-0.2, -0.15) is 17.5 Å². The van der Waals surface area contributed by atoms with Gasteiger partial charge >= 0.3 is 6.18 Å². The van der Waals surface area contributed by atoms with Gasteiger partial charge in [0.25, 0.3) is 0 Å². The summed E-state index contributed by atoms with van der Waals surface area (Å²) in [5.74, 6) is 0.776. The average molecular weight is 452 g/mol. The van der Waals surface area contributed by atoms with Gasteiger partial charge in [0.15, 0.2) is 0 Å². The zero-order chi connectivity index (χ0) is 22.1. The lowest BCUT2D eigenvalue weighted by Gasteiger charge is -2.33. The van der Waals surface area contributed by atoms with Gasteiger partial charge in [0, 0.05) is 31.7 Å². The number of alkyl halides is 3. The second-order valence-corrected chi connectivity index (χ2v) is 8.95. The van der Waals surface area contributed by atoms with Gasteiger partial charge < -0.3 is 4.42 Å². The van der Waals surface area contributed by atoms with Gasteiger partial charge in [-0.05, 0) is 24.3 Å². The van der Waals surface area contributed by atoms with Gasteiger partial charge in [-0.25, -0.2) is 8.42 Å². The van der Waals surface area contributed by atoms with Crippen LogP contribution in [0.4, 0.5) is 13.2 Å². The average Bonchev–Trinajstić information content (AvgIpc) is 3.23. The Labute approximate surface area is 177 Å². The quantitative estimate of drug-likeness (QED) is 0.591. The predicted octanol–water partition coefficient (Wildman–Crippen LogP) is 3.26. The first-order chi connectivity index (χ1) is 14.7. The first-order valence-corrected chi connectivity index (χ1v) is 11.0. The Balaban J connectivity index is 1.42. The Kier molecular flexibility index (Phi) is 5.82. The third kappa shape index (κ3) is 4.63. The van der Waals surface area contributed by atoms with Gasteiger partial charge in [0.1, 0.15) is 0 Å². The number of rotatable bonds is 5. The molecule has 0 N–H and O–H groups in total. The van der Waals surface area contributed by atoms with Crippen molar-refractivity contribution in [1.82, 2.24) is 19.4 Å². The van der Waals surface area contributed by atoms with Gasteiger partial charge in [-0.3, -0.25) is 4.90 Å². The number of aromatic nitrogens is 2. The van der Waals surface area contributed by atoms with E-state index in [2.05, 4.69) is 10.2 Å².